The number of nitrogens with one attached hydrogen (secondary N) is 2. The van der Waals surface area contributed by atoms with E-state index in [4.69, 9.17) is 0 Å². The molecule has 2 aromatic rings. The molecule has 9 heteroatoms. The summed E-state index contributed by atoms with van der Waals surface area (Å²) in [5, 5.41) is 24.9. The average Bonchev–Trinajstić information content (AvgIpc) is 3.07. The highest BCUT2D eigenvalue weighted by Crippen LogP contribution is 2.16. The van der Waals surface area contributed by atoms with Crippen molar-refractivity contribution in [2.75, 3.05) is 6.54 Å². The molecule has 0 spiro atoms. The van der Waals surface area contributed by atoms with Gasteiger partial charge in [-0.3, -0.25) is 14.9 Å². The van der Waals surface area contributed by atoms with Crippen molar-refractivity contribution in [3.63, 3.8) is 0 Å². The van der Waals surface area contributed by atoms with Crippen LogP contribution in [0.4, 0.5) is 5.69 Å². The van der Waals surface area contributed by atoms with Crippen molar-refractivity contribution in [3.8, 4) is 5.69 Å². The van der Waals surface area contributed by atoms with E-state index in [2.05, 4.69) is 20.9 Å². The second kappa shape index (κ2) is 6.75. The zero-order chi connectivity index (χ0) is 17.1. The Bertz CT molecular complexity index is 759. The second-order valence-corrected chi connectivity index (χ2v) is 5.79. The van der Waals surface area contributed by atoms with E-state index in [1.54, 1.807) is 12.1 Å². The van der Waals surface area contributed by atoms with Crippen LogP contribution in [-0.2, 0) is 0 Å². The minimum atomic E-state index is -0.481. The van der Waals surface area contributed by atoms with Crippen molar-refractivity contribution in [1.82, 2.24) is 25.6 Å². The number of benzene rings is 1. The van der Waals surface area contributed by atoms with Crippen molar-refractivity contribution in [3.05, 3.63) is 46.3 Å². The molecule has 1 fully saturated rings. The van der Waals surface area contributed by atoms with E-state index in [1.165, 1.54) is 23.0 Å². The van der Waals surface area contributed by atoms with Gasteiger partial charge in [0.2, 0.25) is 0 Å². The van der Waals surface area contributed by atoms with E-state index in [1.807, 2.05) is 6.92 Å². The summed E-state index contributed by atoms with van der Waals surface area (Å²) >= 11 is 0. The molecule has 0 radical (unpaired) electrons. The lowest BCUT2D eigenvalue weighted by molar-refractivity contribution is -0.384. The fraction of sp³-hybridized carbons (Fsp3) is 0.400. The van der Waals surface area contributed by atoms with Crippen molar-refractivity contribution in [2.24, 2.45) is 0 Å². The summed E-state index contributed by atoms with van der Waals surface area (Å²) in [5.41, 5.74) is 0.610. The second-order valence-electron chi connectivity index (χ2n) is 5.79. The lowest BCUT2D eigenvalue weighted by Gasteiger charge is -2.30. The number of nitrogens with zero attached hydrogens (tertiary/aromatic N) is 4. The minimum Gasteiger partial charge on any atom is -0.346 e. The molecule has 3 rings (SSSR count). The van der Waals surface area contributed by atoms with Gasteiger partial charge in [0.1, 0.15) is 0 Å². The molecule has 24 heavy (non-hydrogen) atoms. The van der Waals surface area contributed by atoms with Gasteiger partial charge in [0, 0.05) is 24.2 Å². The predicted molar refractivity (Wildman–Crippen MR) is 86.0 cm³/mol. The van der Waals surface area contributed by atoms with Gasteiger partial charge in [0.05, 0.1) is 16.8 Å². The highest BCUT2D eigenvalue weighted by Gasteiger charge is 2.24. The Balaban J connectivity index is 1.74. The van der Waals surface area contributed by atoms with E-state index in [-0.39, 0.29) is 29.4 Å². The number of non-ortho nitro benzene ring substituents is 1. The van der Waals surface area contributed by atoms with Gasteiger partial charge in [0.25, 0.3) is 11.6 Å². The van der Waals surface area contributed by atoms with Crippen LogP contribution in [0.15, 0.2) is 30.5 Å². The van der Waals surface area contributed by atoms with Crippen molar-refractivity contribution in [1.29, 1.82) is 0 Å². The first kappa shape index (κ1) is 16.1. The van der Waals surface area contributed by atoms with Crippen LogP contribution >= 0.6 is 0 Å². The molecule has 9 nitrogen and oxygen atoms in total. The first-order valence-corrected chi connectivity index (χ1v) is 7.76. The molecule has 0 bridgehead atoms. The summed E-state index contributed by atoms with van der Waals surface area (Å²) in [5.74, 6) is -0.299. The Morgan fingerprint density at radius 2 is 2.33 bits per heavy atom. The largest absolute Gasteiger partial charge is 0.346 e. The molecule has 0 aliphatic carbocycles. The number of hydrogen-bond acceptors (Lipinski definition) is 6. The predicted octanol–water partition coefficient (Wildman–Crippen LogP) is 1.05. The fourth-order valence-electron chi connectivity index (χ4n) is 2.73. The highest BCUT2D eigenvalue weighted by atomic mass is 16.6. The third-order valence-electron chi connectivity index (χ3n) is 4.11. The first-order valence-electron chi connectivity index (χ1n) is 7.76. The molecule has 1 amide bonds. The Kier molecular flexibility index (Phi) is 4.52. The van der Waals surface area contributed by atoms with Crippen LogP contribution in [0, 0.1) is 10.1 Å². The van der Waals surface area contributed by atoms with Crippen LogP contribution in [0.2, 0.25) is 0 Å². The molecule has 1 saturated heterocycles. The summed E-state index contributed by atoms with van der Waals surface area (Å²) in [6.07, 6.45) is 3.39. The third kappa shape index (κ3) is 3.40. The van der Waals surface area contributed by atoms with Crippen LogP contribution in [0.3, 0.4) is 0 Å². The number of piperidine rings is 1. The zero-order valence-corrected chi connectivity index (χ0v) is 13.2. The lowest BCUT2D eigenvalue weighted by atomic mass is 10.00. The molecular formula is C15H18N6O3. The standard InChI is InChI=1S/C15H18N6O3/c1-10-13(6-3-7-16-10)17-15(22)14-9-20(19-18-14)11-4-2-5-12(8-11)21(23)24/h2,4-5,8-10,13,16H,3,6-7H2,1H3,(H,17,22). The van der Waals surface area contributed by atoms with Crippen LogP contribution in [-0.4, -0.2) is 44.5 Å². The monoisotopic (exact) mass is 330 g/mol. The maximum absolute atomic E-state index is 12.3. The van der Waals surface area contributed by atoms with Crippen molar-refractivity contribution >= 4 is 11.6 Å². The number of carbonyl (C=O) groups is 1. The van der Waals surface area contributed by atoms with E-state index in [0.29, 0.717) is 5.69 Å². The summed E-state index contributed by atoms with van der Waals surface area (Å²) < 4.78 is 1.35. The minimum absolute atomic E-state index is 0.0453. The van der Waals surface area contributed by atoms with Gasteiger partial charge < -0.3 is 10.6 Å². The SMILES string of the molecule is CC1NCCCC1NC(=O)c1cn(-c2cccc([N+](=O)[O-])c2)nn1. The number of carbonyl (C=O) groups excluding carboxylic acids is 1. The van der Waals surface area contributed by atoms with Gasteiger partial charge in [-0.2, -0.15) is 0 Å². The van der Waals surface area contributed by atoms with E-state index >= 15 is 0 Å². The van der Waals surface area contributed by atoms with Crippen molar-refractivity contribution in [2.45, 2.75) is 31.8 Å². The average molecular weight is 330 g/mol. The molecule has 2 atom stereocenters. The first-order chi connectivity index (χ1) is 11.5. The molecule has 0 saturated carbocycles. The quantitative estimate of drug-likeness (QED) is 0.639. The number of nitro groups is 1. The summed E-state index contributed by atoms with van der Waals surface area (Å²) in [6, 6.07) is 6.25. The van der Waals surface area contributed by atoms with Gasteiger partial charge in [-0.15, -0.1) is 5.10 Å². The molecular weight excluding hydrogens is 312 g/mol. The maximum Gasteiger partial charge on any atom is 0.273 e. The topological polar surface area (TPSA) is 115 Å². The van der Waals surface area contributed by atoms with Crippen LogP contribution in [0.5, 0.6) is 0 Å². The van der Waals surface area contributed by atoms with Gasteiger partial charge in [-0.1, -0.05) is 11.3 Å². The van der Waals surface area contributed by atoms with Gasteiger partial charge in [0.15, 0.2) is 5.69 Å². The summed E-state index contributed by atoms with van der Waals surface area (Å²) in [4.78, 5) is 22.7. The third-order valence-corrected chi connectivity index (χ3v) is 4.11. The summed E-state index contributed by atoms with van der Waals surface area (Å²) in [6.45, 7) is 2.99. The normalized spacial score (nSPS) is 20.5. The van der Waals surface area contributed by atoms with Gasteiger partial charge in [-0.25, -0.2) is 4.68 Å². The molecule has 1 aromatic carbocycles. The van der Waals surface area contributed by atoms with Crippen LogP contribution < -0.4 is 10.6 Å². The Morgan fingerprint density at radius 3 is 3.08 bits per heavy atom. The van der Waals surface area contributed by atoms with Gasteiger partial charge in [-0.05, 0) is 32.4 Å². The molecule has 1 aromatic heterocycles. The Hall–Kier alpha value is -2.81. The molecule has 2 unspecified atom stereocenters. The summed E-state index contributed by atoms with van der Waals surface area (Å²) in [7, 11) is 0. The zero-order valence-electron chi connectivity index (χ0n) is 13.2. The number of rotatable bonds is 4. The smallest absolute Gasteiger partial charge is 0.273 e. The molecule has 1 aliphatic rings. The molecule has 2 N–H and O–H groups in total. The maximum atomic E-state index is 12.3. The number of nitro benzene ring substituents is 1. The van der Waals surface area contributed by atoms with Crippen LogP contribution in [0.1, 0.15) is 30.3 Å². The van der Waals surface area contributed by atoms with Gasteiger partial charge >= 0.3 is 0 Å². The van der Waals surface area contributed by atoms with E-state index < -0.39 is 4.92 Å². The molecule has 126 valence electrons. The van der Waals surface area contributed by atoms with Crippen molar-refractivity contribution < 1.29 is 9.72 Å². The number of hydrogen-bond donors (Lipinski definition) is 2. The van der Waals surface area contributed by atoms with E-state index in [0.717, 1.165) is 19.4 Å². The fourth-order valence-corrected chi connectivity index (χ4v) is 2.73. The Morgan fingerprint density at radius 1 is 1.50 bits per heavy atom. The number of amides is 1. The molecule has 2 heterocycles. The highest BCUT2D eigenvalue weighted by molar-refractivity contribution is 5.92. The lowest BCUT2D eigenvalue weighted by Crippen LogP contribution is -2.51. The molecule has 1 aliphatic heterocycles. The van der Waals surface area contributed by atoms with E-state index in [9.17, 15) is 14.9 Å². The Labute approximate surface area is 138 Å². The van der Waals surface area contributed by atoms with Crippen LogP contribution in [0.25, 0.3) is 5.69 Å². The number of aromatic nitrogens is 3.